The summed E-state index contributed by atoms with van der Waals surface area (Å²) >= 11 is 0. The molecule has 3 rings (SSSR count). The van der Waals surface area contributed by atoms with Gasteiger partial charge in [-0.3, -0.25) is 9.59 Å². The van der Waals surface area contributed by atoms with Crippen molar-refractivity contribution in [1.29, 1.82) is 0 Å². The van der Waals surface area contributed by atoms with Crippen molar-refractivity contribution in [1.82, 2.24) is 10.6 Å². The zero-order valence-corrected chi connectivity index (χ0v) is 26.0. The van der Waals surface area contributed by atoms with Crippen molar-refractivity contribution in [2.24, 2.45) is 0 Å². The molecule has 2 aromatic carbocycles. The van der Waals surface area contributed by atoms with Gasteiger partial charge >= 0.3 is 12.1 Å². The Balaban J connectivity index is 1.49. The molecule has 0 fully saturated rings. The second-order valence-electron chi connectivity index (χ2n) is 12.3. The highest BCUT2D eigenvalue weighted by atomic mass is 16.6. The predicted molar refractivity (Wildman–Crippen MR) is 167 cm³/mol. The number of alkyl carbamates (subject to hydrolysis) is 1. The fourth-order valence-corrected chi connectivity index (χ4v) is 5.49. The summed E-state index contributed by atoms with van der Waals surface area (Å²) in [6.45, 7) is 8.15. The molecule has 7 nitrogen and oxygen atoms in total. The molecule has 0 saturated carbocycles. The number of hydrogen-bond donors (Lipinski definition) is 2. The van der Waals surface area contributed by atoms with E-state index in [9.17, 15) is 14.4 Å². The zero-order chi connectivity index (χ0) is 30.4. The Morgan fingerprint density at radius 3 is 1.86 bits per heavy atom. The highest BCUT2D eigenvalue weighted by Gasteiger charge is 2.31. The lowest BCUT2D eigenvalue weighted by atomic mass is 9.98. The van der Waals surface area contributed by atoms with Crippen LogP contribution in [0.1, 0.15) is 115 Å². The van der Waals surface area contributed by atoms with Crippen molar-refractivity contribution >= 4 is 18.0 Å². The lowest BCUT2D eigenvalue weighted by molar-refractivity contribution is -0.156. The minimum absolute atomic E-state index is 0.0994. The normalized spacial score (nSPS) is 13.1. The number of carbonyl (C=O) groups is 3. The fourth-order valence-electron chi connectivity index (χ4n) is 5.49. The third-order valence-electron chi connectivity index (χ3n) is 7.57. The van der Waals surface area contributed by atoms with Gasteiger partial charge in [-0.2, -0.15) is 0 Å². The van der Waals surface area contributed by atoms with Crippen molar-refractivity contribution < 1.29 is 23.9 Å². The molecular formula is C35H50N2O5. The maximum absolute atomic E-state index is 13.0. The summed E-state index contributed by atoms with van der Waals surface area (Å²) in [7, 11) is 0. The number of ether oxygens (including phenoxy) is 2. The molecule has 0 aromatic heterocycles. The fraction of sp³-hybridized carbons (Fsp3) is 0.571. The standard InChI is InChI=1S/C35H50N2O5/c1-5-6-7-8-9-10-11-12-13-18-23-36-33(39)31(24-32(38)42-35(2,3)4)37-34(40)41-25-30-28-21-16-14-19-26(28)27-20-15-17-22-29(27)30/h14-17,19-22,30-31H,5-13,18,23-25H2,1-4H3,(H,36,39)(H,37,40)/t31-/m0/s1. The lowest BCUT2D eigenvalue weighted by Crippen LogP contribution is -2.49. The van der Waals surface area contributed by atoms with Crippen LogP contribution >= 0.6 is 0 Å². The molecule has 230 valence electrons. The third-order valence-corrected chi connectivity index (χ3v) is 7.57. The Labute approximate surface area is 252 Å². The molecule has 2 amide bonds. The van der Waals surface area contributed by atoms with Crippen LogP contribution in [0, 0.1) is 0 Å². The first-order valence-electron chi connectivity index (χ1n) is 15.8. The minimum atomic E-state index is -1.08. The van der Waals surface area contributed by atoms with Crippen LogP contribution in [0.4, 0.5) is 4.79 Å². The first kappa shape index (κ1) is 33.2. The summed E-state index contributed by atoms with van der Waals surface area (Å²) in [5.74, 6) is -1.07. The summed E-state index contributed by atoms with van der Waals surface area (Å²) in [5.41, 5.74) is 3.78. The number of unbranched alkanes of at least 4 members (excludes halogenated alkanes) is 9. The van der Waals surface area contributed by atoms with Gasteiger partial charge in [0.1, 0.15) is 18.2 Å². The molecule has 0 bridgehead atoms. The minimum Gasteiger partial charge on any atom is -0.460 e. The molecule has 0 unspecified atom stereocenters. The highest BCUT2D eigenvalue weighted by Crippen LogP contribution is 2.44. The molecule has 0 heterocycles. The van der Waals surface area contributed by atoms with E-state index < -0.39 is 29.6 Å². The van der Waals surface area contributed by atoms with Crippen LogP contribution in [0.15, 0.2) is 48.5 Å². The second-order valence-corrected chi connectivity index (χ2v) is 12.3. The maximum atomic E-state index is 13.0. The number of fused-ring (bicyclic) bond motifs is 3. The van der Waals surface area contributed by atoms with E-state index in [-0.39, 0.29) is 18.9 Å². The molecule has 42 heavy (non-hydrogen) atoms. The van der Waals surface area contributed by atoms with Gasteiger partial charge in [-0.15, -0.1) is 0 Å². The molecule has 1 aliphatic rings. The van der Waals surface area contributed by atoms with Crippen molar-refractivity contribution in [3.8, 4) is 11.1 Å². The van der Waals surface area contributed by atoms with Gasteiger partial charge in [0.2, 0.25) is 5.91 Å². The Morgan fingerprint density at radius 2 is 1.31 bits per heavy atom. The van der Waals surface area contributed by atoms with Gasteiger partial charge in [-0.25, -0.2) is 4.79 Å². The van der Waals surface area contributed by atoms with Crippen LogP contribution in [-0.4, -0.2) is 42.8 Å². The molecular weight excluding hydrogens is 528 g/mol. The Hall–Kier alpha value is -3.35. The van der Waals surface area contributed by atoms with Crippen LogP contribution in [0.3, 0.4) is 0 Å². The molecule has 1 aliphatic carbocycles. The largest absolute Gasteiger partial charge is 0.460 e. The van der Waals surface area contributed by atoms with E-state index in [0.29, 0.717) is 6.54 Å². The van der Waals surface area contributed by atoms with Gasteiger partial charge < -0.3 is 20.1 Å². The molecule has 0 spiro atoms. The number of benzene rings is 2. The number of amides is 2. The molecule has 2 N–H and O–H groups in total. The predicted octanol–water partition coefficient (Wildman–Crippen LogP) is 7.66. The van der Waals surface area contributed by atoms with Crippen molar-refractivity contribution in [3.63, 3.8) is 0 Å². The molecule has 1 atom stereocenters. The van der Waals surface area contributed by atoms with Gasteiger partial charge in [0.15, 0.2) is 0 Å². The summed E-state index contributed by atoms with van der Waals surface area (Å²) in [6.07, 6.45) is 11.0. The van der Waals surface area contributed by atoms with Crippen molar-refractivity contribution in [3.05, 3.63) is 59.7 Å². The number of esters is 1. The van der Waals surface area contributed by atoms with Crippen molar-refractivity contribution in [2.75, 3.05) is 13.2 Å². The quantitative estimate of drug-likeness (QED) is 0.148. The van der Waals surface area contributed by atoms with E-state index >= 15 is 0 Å². The second kappa shape index (κ2) is 16.9. The average Bonchev–Trinajstić information content (AvgIpc) is 3.27. The smallest absolute Gasteiger partial charge is 0.407 e. The summed E-state index contributed by atoms with van der Waals surface area (Å²) in [6, 6.07) is 15.1. The van der Waals surface area contributed by atoms with Gasteiger partial charge in [-0.1, -0.05) is 113 Å². The highest BCUT2D eigenvalue weighted by molar-refractivity contribution is 5.89. The number of nitrogens with one attached hydrogen (secondary N) is 2. The van der Waals surface area contributed by atoms with E-state index in [1.54, 1.807) is 20.8 Å². The molecule has 7 heteroatoms. The SMILES string of the molecule is CCCCCCCCCCCCNC(=O)[C@H](CC(=O)OC(C)(C)C)NC(=O)OCC1c2ccccc2-c2ccccc21. The molecule has 2 aromatic rings. The van der Waals surface area contributed by atoms with Crippen LogP contribution in [0.5, 0.6) is 0 Å². The first-order chi connectivity index (χ1) is 20.2. The topological polar surface area (TPSA) is 93.7 Å². The van der Waals surface area contributed by atoms with E-state index in [4.69, 9.17) is 9.47 Å². The van der Waals surface area contributed by atoms with Crippen LogP contribution < -0.4 is 10.6 Å². The van der Waals surface area contributed by atoms with Crippen LogP contribution in [0.25, 0.3) is 11.1 Å². The van der Waals surface area contributed by atoms with Gasteiger partial charge in [0, 0.05) is 12.5 Å². The van der Waals surface area contributed by atoms with Crippen molar-refractivity contribution in [2.45, 2.75) is 116 Å². The van der Waals surface area contributed by atoms with Gasteiger partial charge in [-0.05, 0) is 49.4 Å². The van der Waals surface area contributed by atoms with E-state index in [1.165, 1.54) is 44.9 Å². The summed E-state index contributed by atoms with van der Waals surface area (Å²) < 4.78 is 11.1. The van der Waals surface area contributed by atoms with E-state index in [0.717, 1.165) is 41.5 Å². The Morgan fingerprint density at radius 1 is 0.786 bits per heavy atom. The van der Waals surface area contributed by atoms with E-state index in [1.807, 2.05) is 36.4 Å². The monoisotopic (exact) mass is 578 g/mol. The number of carbonyl (C=O) groups excluding carboxylic acids is 3. The van der Waals surface area contributed by atoms with Gasteiger partial charge in [0.05, 0.1) is 6.42 Å². The molecule has 0 radical (unpaired) electrons. The van der Waals surface area contributed by atoms with Crippen LogP contribution in [0.2, 0.25) is 0 Å². The zero-order valence-electron chi connectivity index (χ0n) is 26.0. The summed E-state index contributed by atoms with van der Waals surface area (Å²) in [4.78, 5) is 38.5. The number of hydrogen-bond acceptors (Lipinski definition) is 5. The van der Waals surface area contributed by atoms with Gasteiger partial charge in [0.25, 0.3) is 0 Å². The number of rotatable bonds is 17. The Kier molecular flexibility index (Phi) is 13.4. The lowest BCUT2D eigenvalue weighted by Gasteiger charge is -2.23. The van der Waals surface area contributed by atoms with Crippen LogP contribution in [-0.2, 0) is 19.1 Å². The maximum Gasteiger partial charge on any atom is 0.407 e. The first-order valence-corrected chi connectivity index (χ1v) is 15.8. The molecule has 0 saturated heterocycles. The Bertz CT molecular complexity index is 1110. The third kappa shape index (κ3) is 10.8. The molecule has 0 aliphatic heterocycles. The summed E-state index contributed by atoms with van der Waals surface area (Å²) in [5, 5.41) is 5.51. The van der Waals surface area contributed by atoms with E-state index in [2.05, 4.69) is 29.7 Å². The average molecular weight is 579 g/mol.